The number of ether oxygens (including phenoxy) is 1. The van der Waals surface area contributed by atoms with E-state index in [0.717, 1.165) is 0 Å². The second kappa shape index (κ2) is 3.65. The summed E-state index contributed by atoms with van der Waals surface area (Å²) >= 11 is 0. The monoisotopic (exact) mass is 234 g/mol. The Hall–Kier alpha value is -0.710. The van der Waals surface area contributed by atoms with Crippen LogP contribution in [0.4, 0.5) is 8.78 Å². The van der Waals surface area contributed by atoms with Crippen molar-refractivity contribution in [3.05, 3.63) is 0 Å². The zero-order chi connectivity index (χ0) is 12.1. The van der Waals surface area contributed by atoms with E-state index in [0.29, 0.717) is 0 Å². The molecule has 92 valence electrons. The highest BCUT2D eigenvalue weighted by atomic mass is 19.3. The van der Waals surface area contributed by atoms with E-state index in [4.69, 9.17) is 4.74 Å². The van der Waals surface area contributed by atoms with Crippen molar-refractivity contribution in [2.24, 2.45) is 23.7 Å². The average Bonchev–Trinajstić information content (AvgIpc) is 2.44. The van der Waals surface area contributed by atoms with Crippen molar-refractivity contribution in [2.45, 2.75) is 32.3 Å². The largest absolute Gasteiger partial charge is 0.462 e. The number of aliphatic hydroxyl groups is 1. The van der Waals surface area contributed by atoms with Gasteiger partial charge in [-0.1, -0.05) is 6.92 Å². The summed E-state index contributed by atoms with van der Waals surface area (Å²) in [5.74, 6) is -5.92. The second-order valence-corrected chi connectivity index (χ2v) is 4.93. The molecule has 0 aromatic rings. The van der Waals surface area contributed by atoms with E-state index < -0.39 is 36.1 Å². The van der Waals surface area contributed by atoms with Gasteiger partial charge in [0, 0.05) is 24.9 Å². The lowest BCUT2D eigenvalue weighted by Gasteiger charge is -2.41. The van der Waals surface area contributed by atoms with Gasteiger partial charge in [0.15, 0.2) is 0 Å². The minimum absolute atomic E-state index is 0.271. The highest BCUT2D eigenvalue weighted by Gasteiger charge is 2.59. The van der Waals surface area contributed by atoms with Crippen LogP contribution in [0.5, 0.6) is 0 Å². The van der Waals surface area contributed by atoms with E-state index in [1.54, 1.807) is 6.92 Å². The fraction of sp³-hybridized carbons (Fsp3) is 0.909. The van der Waals surface area contributed by atoms with Crippen molar-refractivity contribution in [3.8, 4) is 0 Å². The van der Waals surface area contributed by atoms with Gasteiger partial charge in [-0.2, -0.15) is 0 Å². The van der Waals surface area contributed by atoms with Crippen molar-refractivity contribution >= 4 is 5.97 Å². The first kappa shape index (κ1) is 11.8. The van der Waals surface area contributed by atoms with E-state index >= 15 is 0 Å². The third kappa shape index (κ3) is 1.52. The molecule has 1 heterocycles. The molecule has 0 aromatic heterocycles. The second-order valence-electron chi connectivity index (χ2n) is 4.93. The van der Waals surface area contributed by atoms with Gasteiger partial charge in [0.2, 0.25) is 0 Å². The molecule has 2 aliphatic rings. The Bertz CT molecular complexity index is 306. The van der Waals surface area contributed by atoms with Crippen LogP contribution in [0, 0.1) is 23.7 Å². The third-order valence-electron chi connectivity index (χ3n) is 4.12. The average molecular weight is 234 g/mol. The zero-order valence-corrected chi connectivity index (χ0v) is 9.32. The molecule has 3 nitrogen and oxygen atoms in total. The van der Waals surface area contributed by atoms with Gasteiger partial charge in [-0.05, 0) is 12.8 Å². The van der Waals surface area contributed by atoms with Crippen LogP contribution in [-0.4, -0.2) is 29.7 Å². The molecule has 0 bridgehead atoms. The number of esters is 1. The van der Waals surface area contributed by atoms with E-state index in [9.17, 15) is 18.7 Å². The van der Waals surface area contributed by atoms with E-state index in [-0.39, 0.29) is 18.6 Å². The maximum Gasteiger partial charge on any atom is 0.309 e. The summed E-state index contributed by atoms with van der Waals surface area (Å²) in [5, 5.41) is 9.24. The number of carbonyl (C=O) groups is 1. The van der Waals surface area contributed by atoms with Gasteiger partial charge < -0.3 is 9.84 Å². The quantitative estimate of drug-likeness (QED) is 0.698. The van der Waals surface area contributed by atoms with Crippen LogP contribution in [0.2, 0.25) is 0 Å². The van der Waals surface area contributed by atoms with Crippen LogP contribution in [0.15, 0.2) is 0 Å². The molecular weight excluding hydrogens is 218 g/mol. The molecular formula is C11H16F2O3. The Morgan fingerprint density at radius 3 is 2.69 bits per heavy atom. The van der Waals surface area contributed by atoms with Gasteiger partial charge >= 0.3 is 5.97 Å². The number of halogens is 2. The van der Waals surface area contributed by atoms with Crippen LogP contribution >= 0.6 is 0 Å². The molecule has 0 aromatic carbocycles. The molecule has 0 radical (unpaired) electrons. The van der Waals surface area contributed by atoms with Gasteiger partial charge in [-0.3, -0.25) is 4.79 Å². The Morgan fingerprint density at radius 2 is 2.12 bits per heavy atom. The number of cyclic esters (lactones) is 1. The van der Waals surface area contributed by atoms with Crippen LogP contribution < -0.4 is 0 Å². The number of fused-ring (bicyclic) bond motifs is 1. The standard InChI is InChI=1S/C11H16F2O3/c1-5-8(4-14)9-6(2)16-10(15)7(9)3-11(5,12)13/h5-9,14H,3-4H2,1-2H3. The van der Waals surface area contributed by atoms with Crippen molar-refractivity contribution < 1.29 is 23.4 Å². The Labute approximate surface area is 92.8 Å². The Balaban J connectivity index is 2.32. The molecule has 16 heavy (non-hydrogen) atoms. The van der Waals surface area contributed by atoms with E-state index in [2.05, 4.69) is 0 Å². The Kier molecular flexibility index (Phi) is 2.69. The summed E-state index contributed by atoms with van der Waals surface area (Å²) in [5.41, 5.74) is 0. The Morgan fingerprint density at radius 1 is 1.50 bits per heavy atom. The number of alkyl halides is 2. The maximum absolute atomic E-state index is 13.7. The summed E-state index contributed by atoms with van der Waals surface area (Å²) in [6.45, 7) is 2.83. The molecule has 5 unspecified atom stereocenters. The van der Waals surface area contributed by atoms with E-state index in [1.165, 1.54) is 6.92 Å². The van der Waals surface area contributed by atoms with E-state index in [1.807, 2.05) is 0 Å². The van der Waals surface area contributed by atoms with Crippen molar-refractivity contribution in [2.75, 3.05) is 6.61 Å². The molecule has 1 aliphatic carbocycles. The summed E-state index contributed by atoms with van der Waals surface area (Å²) in [6, 6.07) is 0. The molecule has 2 rings (SSSR count). The number of hydrogen-bond acceptors (Lipinski definition) is 3. The molecule has 1 N–H and O–H groups in total. The first-order valence-corrected chi connectivity index (χ1v) is 5.57. The summed E-state index contributed by atoms with van der Waals surface area (Å²) in [7, 11) is 0. The van der Waals surface area contributed by atoms with Gasteiger partial charge in [-0.25, -0.2) is 8.78 Å². The van der Waals surface area contributed by atoms with Crippen LogP contribution in [-0.2, 0) is 9.53 Å². The highest BCUT2D eigenvalue weighted by Crippen LogP contribution is 2.51. The molecule has 2 fully saturated rings. The number of hydrogen-bond donors (Lipinski definition) is 1. The SMILES string of the molecule is CC1OC(=O)C2CC(F)(F)C(C)C(CO)C12. The summed E-state index contributed by atoms with van der Waals surface area (Å²) in [4.78, 5) is 11.4. The van der Waals surface area contributed by atoms with Gasteiger partial charge in [0.25, 0.3) is 5.92 Å². The molecule has 1 saturated carbocycles. The molecule has 0 amide bonds. The first-order chi connectivity index (χ1) is 7.38. The maximum atomic E-state index is 13.7. The van der Waals surface area contributed by atoms with Gasteiger partial charge in [0.05, 0.1) is 5.92 Å². The van der Waals surface area contributed by atoms with Gasteiger partial charge in [-0.15, -0.1) is 0 Å². The molecule has 0 spiro atoms. The molecule has 1 aliphatic heterocycles. The van der Waals surface area contributed by atoms with Crippen LogP contribution in [0.3, 0.4) is 0 Å². The minimum Gasteiger partial charge on any atom is -0.462 e. The first-order valence-electron chi connectivity index (χ1n) is 5.57. The lowest BCUT2D eigenvalue weighted by Crippen LogP contribution is -2.48. The lowest BCUT2D eigenvalue weighted by atomic mass is 9.65. The summed E-state index contributed by atoms with van der Waals surface area (Å²) in [6.07, 6.45) is -0.813. The van der Waals surface area contributed by atoms with Crippen LogP contribution in [0.1, 0.15) is 20.3 Å². The van der Waals surface area contributed by atoms with Crippen molar-refractivity contribution in [3.63, 3.8) is 0 Å². The smallest absolute Gasteiger partial charge is 0.309 e. The van der Waals surface area contributed by atoms with Crippen molar-refractivity contribution in [1.82, 2.24) is 0 Å². The van der Waals surface area contributed by atoms with Gasteiger partial charge in [0.1, 0.15) is 6.10 Å². The predicted molar refractivity (Wildman–Crippen MR) is 51.8 cm³/mol. The topological polar surface area (TPSA) is 46.5 Å². The molecule has 5 heteroatoms. The fourth-order valence-corrected chi connectivity index (χ4v) is 3.10. The lowest BCUT2D eigenvalue weighted by molar-refractivity contribution is -0.157. The predicted octanol–water partition coefficient (Wildman–Crippen LogP) is 1.45. The zero-order valence-electron chi connectivity index (χ0n) is 9.32. The minimum atomic E-state index is -2.89. The third-order valence-corrected chi connectivity index (χ3v) is 4.12. The normalized spacial score (nSPS) is 46.3. The number of aliphatic hydroxyl groups excluding tert-OH is 1. The highest BCUT2D eigenvalue weighted by molar-refractivity contribution is 5.75. The number of carbonyl (C=O) groups excluding carboxylic acids is 1. The number of rotatable bonds is 1. The van der Waals surface area contributed by atoms with Crippen LogP contribution in [0.25, 0.3) is 0 Å². The molecule has 1 saturated heterocycles. The fourth-order valence-electron chi connectivity index (χ4n) is 3.10. The summed E-state index contributed by atoms with van der Waals surface area (Å²) < 4.78 is 32.3. The molecule has 5 atom stereocenters. The van der Waals surface area contributed by atoms with Crippen molar-refractivity contribution in [1.29, 1.82) is 0 Å².